The molecule has 0 fully saturated rings. The summed E-state index contributed by atoms with van der Waals surface area (Å²) in [5.41, 5.74) is 0. The van der Waals surface area contributed by atoms with Crippen molar-refractivity contribution < 1.29 is 28.6 Å². The lowest BCUT2D eigenvalue weighted by Gasteiger charge is -2.18. The van der Waals surface area contributed by atoms with E-state index >= 15 is 0 Å². The fourth-order valence-electron chi connectivity index (χ4n) is 7.47. The van der Waals surface area contributed by atoms with Crippen LogP contribution in [0.2, 0.25) is 0 Å². The van der Waals surface area contributed by atoms with Crippen molar-refractivity contribution in [2.24, 2.45) is 0 Å². The van der Waals surface area contributed by atoms with Gasteiger partial charge in [-0.25, -0.2) is 0 Å². The van der Waals surface area contributed by atoms with Crippen LogP contribution in [-0.4, -0.2) is 37.2 Å². The third-order valence-corrected chi connectivity index (χ3v) is 11.5. The first-order valence-corrected chi connectivity index (χ1v) is 26.9. The molecule has 0 unspecified atom stereocenters. The predicted molar refractivity (Wildman–Crippen MR) is 274 cm³/mol. The Morgan fingerprint density at radius 2 is 0.609 bits per heavy atom. The standard InChI is InChI=1S/C58H100O6/c1-4-7-10-13-16-19-22-25-27-28-29-30-31-34-36-39-42-45-48-51-57(60)63-54-55(53-62-56(59)50-47-44-41-38-35-32-24-21-18-15-12-9-6-3)64-58(61)52-49-46-43-40-37-33-26-23-20-17-14-11-8-5-2/h7,10,16,19,25,27,29-30,34,36,42,45,55H,4-6,8-9,11-15,17-18,20-24,26,28,31-33,35,37-41,43-44,46-54H2,1-3H3/b10-7-,19-16-,27-25-,30-29-,36-34-,45-42-/t55-/m1/s1. The first-order valence-electron chi connectivity index (χ1n) is 26.9. The van der Waals surface area contributed by atoms with E-state index in [4.69, 9.17) is 14.2 Å². The zero-order valence-corrected chi connectivity index (χ0v) is 42.0. The van der Waals surface area contributed by atoms with Gasteiger partial charge in [0.25, 0.3) is 0 Å². The van der Waals surface area contributed by atoms with E-state index in [0.717, 1.165) is 77.0 Å². The Morgan fingerprint density at radius 1 is 0.328 bits per heavy atom. The molecule has 0 aliphatic heterocycles. The SMILES string of the molecule is CC/C=C\C/C=C\C/C=C\C/C=C\C/C=C\C/C=C\CCC(=O)OC[C@@H](COC(=O)CCCCCCCCCCCCCCC)OC(=O)CCCCCCCCCCCCCCCC. The maximum Gasteiger partial charge on any atom is 0.306 e. The Bertz CT molecular complexity index is 1210. The quantitative estimate of drug-likeness (QED) is 0.0262. The smallest absolute Gasteiger partial charge is 0.306 e. The van der Waals surface area contributed by atoms with Crippen LogP contribution in [0.1, 0.15) is 258 Å². The number of ether oxygens (including phenoxy) is 3. The van der Waals surface area contributed by atoms with Gasteiger partial charge in [0.05, 0.1) is 0 Å². The average Bonchev–Trinajstić information content (AvgIpc) is 3.29. The fourth-order valence-corrected chi connectivity index (χ4v) is 7.47. The topological polar surface area (TPSA) is 78.9 Å². The second kappa shape index (κ2) is 52.5. The van der Waals surface area contributed by atoms with E-state index in [9.17, 15) is 14.4 Å². The lowest BCUT2D eigenvalue weighted by Crippen LogP contribution is -2.30. The number of hydrogen-bond acceptors (Lipinski definition) is 6. The average molecular weight is 893 g/mol. The van der Waals surface area contributed by atoms with Gasteiger partial charge in [0.2, 0.25) is 0 Å². The Kier molecular flexibility index (Phi) is 49.9. The molecule has 1 atom stereocenters. The first-order chi connectivity index (χ1) is 31.5. The van der Waals surface area contributed by atoms with E-state index in [1.165, 1.54) is 135 Å². The monoisotopic (exact) mass is 893 g/mol. The molecule has 0 aliphatic rings. The summed E-state index contributed by atoms with van der Waals surface area (Å²) in [5, 5.41) is 0. The first kappa shape index (κ1) is 60.9. The molecule has 0 rings (SSSR count). The molecule has 0 aromatic carbocycles. The lowest BCUT2D eigenvalue weighted by molar-refractivity contribution is -0.166. The Balaban J connectivity index is 4.47. The number of allylic oxidation sites excluding steroid dienone is 12. The molecule has 0 aromatic heterocycles. The Hall–Kier alpha value is -3.15. The molecule has 0 saturated heterocycles. The van der Waals surface area contributed by atoms with Crippen molar-refractivity contribution in [1.82, 2.24) is 0 Å². The lowest BCUT2D eigenvalue weighted by atomic mass is 10.0. The van der Waals surface area contributed by atoms with Crippen LogP contribution in [0.5, 0.6) is 0 Å². The number of carbonyl (C=O) groups excluding carboxylic acids is 3. The van der Waals surface area contributed by atoms with E-state index < -0.39 is 6.10 Å². The highest BCUT2D eigenvalue weighted by Crippen LogP contribution is 2.16. The summed E-state index contributed by atoms with van der Waals surface area (Å²) in [4.78, 5) is 38.0. The molecule has 0 amide bonds. The molecular weight excluding hydrogens is 793 g/mol. The molecule has 0 aliphatic carbocycles. The van der Waals surface area contributed by atoms with Gasteiger partial charge < -0.3 is 14.2 Å². The summed E-state index contributed by atoms with van der Waals surface area (Å²) in [6.45, 7) is 6.47. The predicted octanol–water partition coefficient (Wildman–Crippen LogP) is 17.8. The van der Waals surface area contributed by atoms with Crippen LogP contribution >= 0.6 is 0 Å². The molecule has 0 spiro atoms. The maximum absolute atomic E-state index is 12.8. The van der Waals surface area contributed by atoms with Crippen LogP contribution in [0.4, 0.5) is 0 Å². The normalized spacial score (nSPS) is 12.6. The molecule has 0 saturated carbocycles. The van der Waals surface area contributed by atoms with E-state index in [1.807, 2.05) is 6.08 Å². The maximum atomic E-state index is 12.8. The van der Waals surface area contributed by atoms with E-state index in [-0.39, 0.29) is 37.5 Å². The molecule has 0 bridgehead atoms. The van der Waals surface area contributed by atoms with Crippen LogP contribution in [0.25, 0.3) is 0 Å². The van der Waals surface area contributed by atoms with Crippen LogP contribution in [0.3, 0.4) is 0 Å². The van der Waals surface area contributed by atoms with Crippen molar-refractivity contribution >= 4 is 17.9 Å². The summed E-state index contributed by atoms with van der Waals surface area (Å²) in [6, 6.07) is 0. The summed E-state index contributed by atoms with van der Waals surface area (Å²) >= 11 is 0. The molecular formula is C58H100O6. The van der Waals surface area contributed by atoms with Crippen molar-refractivity contribution in [2.45, 2.75) is 264 Å². The van der Waals surface area contributed by atoms with Gasteiger partial charge in [0.15, 0.2) is 6.10 Å². The van der Waals surface area contributed by atoms with Crippen molar-refractivity contribution in [3.63, 3.8) is 0 Å². The number of rotatable bonds is 48. The Morgan fingerprint density at radius 3 is 0.953 bits per heavy atom. The van der Waals surface area contributed by atoms with Crippen molar-refractivity contribution in [3.8, 4) is 0 Å². The van der Waals surface area contributed by atoms with Crippen molar-refractivity contribution in [3.05, 3.63) is 72.9 Å². The van der Waals surface area contributed by atoms with E-state index in [2.05, 4.69) is 87.6 Å². The molecule has 6 nitrogen and oxygen atoms in total. The van der Waals surface area contributed by atoms with Gasteiger partial charge >= 0.3 is 17.9 Å². The van der Waals surface area contributed by atoms with Crippen LogP contribution in [0, 0.1) is 0 Å². The molecule has 0 heterocycles. The van der Waals surface area contributed by atoms with Crippen LogP contribution < -0.4 is 0 Å². The van der Waals surface area contributed by atoms with E-state index in [1.54, 1.807) is 0 Å². The number of hydrogen-bond donors (Lipinski definition) is 0. The second-order valence-corrected chi connectivity index (χ2v) is 17.8. The molecule has 6 heteroatoms. The van der Waals surface area contributed by atoms with Gasteiger partial charge in [-0.3, -0.25) is 14.4 Å². The third-order valence-electron chi connectivity index (χ3n) is 11.5. The van der Waals surface area contributed by atoms with Gasteiger partial charge in [0, 0.05) is 19.3 Å². The zero-order chi connectivity index (χ0) is 46.5. The zero-order valence-electron chi connectivity index (χ0n) is 42.0. The summed E-state index contributed by atoms with van der Waals surface area (Å²) < 4.78 is 16.8. The van der Waals surface area contributed by atoms with Crippen LogP contribution in [-0.2, 0) is 28.6 Å². The minimum absolute atomic E-state index is 0.0951. The summed E-state index contributed by atoms with van der Waals surface area (Å²) in [7, 11) is 0. The number of carbonyl (C=O) groups is 3. The number of esters is 3. The van der Waals surface area contributed by atoms with Crippen LogP contribution in [0.15, 0.2) is 72.9 Å². The summed E-state index contributed by atoms with van der Waals surface area (Å²) in [6.07, 6.45) is 66.1. The molecule has 64 heavy (non-hydrogen) atoms. The minimum Gasteiger partial charge on any atom is -0.462 e. The summed E-state index contributed by atoms with van der Waals surface area (Å²) in [5.74, 6) is -0.976. The molecule has 0 N–H and O–H groups in total. The van der Waals surface area contributed by atoms with Crippen molar-refractivity contribution in [2.75, 3.05) is 13.2 Å². The van der Waals surface area contributed by atoms with Gasteiger partial charge in [-0.15, -0.1) is 0 Å². The fraction of sp³-hybridized carbons (Fsp3) is 0.741. The van der Waals surface area contributed by atoms with Gasteiger partial charge in [0.1, 0.15) is 13.2 Å². The molecule has 368 valence electrons. The van der Waals surface area contributed by atoms with Gasteiger partial charge in [-0.05, 0) is 57.8 Å². The highest BCUT2D eigenvalue weighted by molar-refractivity contribution is 5.71. The highest BCUT2D eigenvalue weighted by atomic mass is 16.6. The molecule has 0 radical (unpaired) electrons. The second-order valence-electron chi connectivity index (χ2n) is 17.8. The third kappa shape index (κ3) is 49.9. The Labute approximate surface area is 395 Å². The van der Waals surface area contributed by atoms with Crippen molar-refractivity contribution in [1.29, 1.82) is 0 Å². The molecule has 0 aromatic rings. The van der Waals surface area contributed by atoms with Gasteiger partial charge in [-0.1, -0.05) is 254 Å². The van der Waals surface area contributed by atoms with Gasteiger partial charge in [-0.2, -0.15) is 0 Å². The van der Waals surface area contributed by atoms with E-state index in [0.29, 0.717) is 19.3 Å². The largest absolute Gasteiger partial charge is 0.462 e. The number of unbranched alkanes of at least 4 members (excludes halogenated alkanes) is 25. The highest BCUT2D eigenvalue weighted by Gasteiger charge is 2.19. The minimum atomic E-state index is -0.801.